The fourth-order valence-electron chi connectivity index (χ4n) is 2.08. The summed E-state index contributed by atoms with van der Waals surface area (Å²) in [6.07, 6.45) is 2.51. The quantitative estimate of drug-likeness (QED) is 0.884. The summed E-state index contributed by atoms with van der Waals surface area (Å²) >= 11 is 0. The van der Waals surface area contributed by atoms with Crippen LogP contribution in [0, 0.1) is 11.6 Å². The highest BCUT2D eigenvalue weighted by molar-refractivity contribution is 5.20. The average Bonchev–Trinajstić information content (AvgIpc) is 2.85. The lowest BCUT2D eigenvalue weighted by atomic mass is 10.1. The lowest BCUT2D eigenvalue weighted by molar-refractivity contribution is 0.513. The van der Waals surface area contributed by atoms with Crippen LogP contribution in [0.5, 0.6) is 0 Å². The van der Waals surface area contributed by atoms with Crippen LogP contribution in [0.3, 0.4) is 0 Å². The Morgan fingerprint density at radius 3 is 2.60 bits per heavy atom. The number of rotatable bonds is 6. The van der Waals surface area contributed by atoms with Crippen LogP contribution in [0.15, 0.2) is 24.5 Å². The average molecular weight is 280 g/mol. The summed E-state index contributed by atoms with van der Waals surface area (Å²) in [6.45, 7) is 5.29. The maximum atomic E-state index is 13.1. The Balaban J connectivity index is 1.90. The summed E-state index contributed by atoms with van der Waals surface area (Å²) in [5.41, 5.74) is 0.599. The van der Waals surface area contributed by atoms with Crippen LogP contribution in [-0.4, -0.2) is 21.3 Å². The second kappa shape index (κ2) is 6.56. The van der Waals surface area contributed by atoms with Gasteiger partial charge in [0.2, 0.25) is 0 Å². The smallest absolute Gasteiger partial charge is 0.132 e. The molecule has 108 valence electrons. The fraction of sp³-hybridized carbons (Fsp3) is 0.429. The van der Waals surface area contributed by atoms with Gasteiger partial charge in [-0.3, -0.25) is 0 Å². The lowest BCUT2D eigenvalue weighted by Crippen LogP contribution is -2.24. The van der Waals surface area contributed by atoms with Crippen molar-refractivity contribution in [3.63, 3.8) is 0 Å². The van der Waals surface area contributed by atoms with Crippen LogP contribution >= 0.6 is 0 Å². The molecule has 1 aromatic heterocycles. The van der Waals surface area contributed by atoms with E-state index in [1.165, 1.54) is 12.1 Å². The predicted octanol–water partition coefficient (Wildman–Crippen LogP) is 2.47. The van der Waals surface area contributed by atoms with Gasteiger partial charge in [0.05, 0.1) is 0 Å². The van der Waals surface area contributed by atoms with E-state index in [2.05, 4.69) is 15.5 Å². The summed E-state index contributed by atoms with van der Waals surface area (Å²) in [4.78, 5) is 0. The second-order valence-electron chi connectivity index (χ2n) is 4.67. The highest BCUT2D eigenvalue weighted by Crippen LogP contribution is 2.15. The summed E-state index contributed by atoms with van der Waals surface area (Å²) < 4.78 is 28.3. The molecule has 0 bridgehead atoms. The topological polar surface area (TPSA) is 42.7 Å². The molecule has 0 amide bonds. The van der Waals surface area contributed by atoms with Crippen molar-refractivity contribution in [2.24, 2.45) is 0 Å². The molecule has 1 heterocycles. The van der Waals surface area contributed by atoms with Crippen LogP contribution < -0.4 is 5.32 Å². The molecule has 1 atom stereocenters. The lowest BCUT2D eigenvalue weighted by Gasteiger charge is -2.15. The number of nitrogens with zero attached hydrogens (tertiary/aromatic N) is 3. The van der Waals surface area contributed by atoms with E-state index in [4.69, 9.17) is 0 Å². The first kappa shape index (κ1) is 14.6. The van der Waals surface area contributed by atoms with Gasteiger partial charge in [-0.25, -0.2) is 8.78 Å². The molecule has 0 aliphatic heterocycles. The molecule has 4 nitrogen and oxygen atoms in total. The van der Waals surface area contributed by atoms with Crippen LogP contribution in [0.25, 0.3) is 0 Å². The highest BCUT2D eigenvalue weighted by atomic mass is 19.1. The minimum atomic E-state index is -0.555. The monoisotopic (exact) mass is 280 g/mol. The van der Waals surface area contributed by atoms with Crippen LogP contribution in [0.1, 0.15) is 31.3 Å². The Labute approximate surface area is 116 Å². The molecule has 1 aromatic carbocycles. The number of hydrogen-bond acceptors (Lipinski definition) is 3. The summed E-state index contributed by atoms with van der Waals surface area (Å²) in [5.74, 6) is -0.183. The molecule has 1 N–H and O–H groups in total. The van der Waals surface area contributed by atoms with Gasteiger partial charge in [-0.05, 0) is 24.6 Å². The van der Waals surface area contributed by atoms with Crippen molar-refractivity contribution in [1.82, 2.24) is 20.1 Å². The molecule has 0 unspecified atom stereocenters. The second-order valence-corrected chi connectivity index (χ2v) is 4.67. The van der Waals surface area contributed by atoms with Gasteiger partial charge in [-0.1, -0.05) is 6.92 Å². The van der Waals surface area contributed by atoms with Crippen molar-refractivity contribution in [2.75, 3.05) is 6.54 Å². The van der Waals surface area contributed by atoms with E-state index in [-0.39, 0.29) is 6.04 Å². The predicted molar refractivity (Wildman–Crippen MR) is 72.2 cm³/mol. The van der Waals surface area contributed by atoms with Gasteiger partial charge < -0.3 is 9.88 Å². The number of nitrogens with one attached hydrogen (secondary N) is 1. The molecule has 2 aromatic rings. The minimum absolute atomic E-state index is 0.123. The van der Waals surface area contributed by atoms with Gasteiger partial charge in [0.25, 0.3) is 0 Å². The normalized spacial score (nSPS) is 12.6. The van der Waals surface area contributed by atoms with Gasteiger partial charge >= 0.3 is 0 Å². The van der Waals surface area contributed by atoms with E-state index in [1.807, 2.05) is 18.4 Å². The Kier molecular flexibility index (Phi) is 4.79. The Bertz CT molecular complexity index is 548. The number of benzene rings is 1. The van der Waals surface area contributed by atoms with Crippen LogP contribution in [-0.2, 0) is 13.0 Å². The van der Waals surface area contributed by atoms with Crippen molar-refractivity contribution in [1.29, 1.82) is 0 Å². The van der Waals surface area contributed by atoms with E-state index in [0.29, 0.717) is 12.1 Å². The molecule has 6 heteroatoms. The molecule has 0 aliphatic rings. The van der Waals surface area contributed by atoms with E-state index in [9.17, 15) is 8.78 Å². The third-order valence-corrected chi connectivity index (χ3v) is 3.20. The number of halogens is 2. The molecule has 0 fully saturated rings. The SMILES string of the molecule is CCc1nncn1CCN[C@@H](C)c1cc(F)cc(F)c1. The van der Waals surface area contributed by atoms with Crippen LogP contribution in [0.4, 0.5) is 8.78 Å². The third-order valence-electron chi connectivity index (χ3n) is 3.20. The van der Waals surface area contributed by atoms with Gasteiger partial charge in [0.15, 0.2) is 0 Å². The van der Waals surface area contributed by atoms with Gasteiger partial charge in [0, 0.05) is 31.6 Å². The third kappa shape index (κ3) is 3.60. The van der Waals surface area contributed by atoms with Crippen molar-refractivity contribution in [3.8, 4) is 0 Å². The fourth-order valence-corrected chi connectivity index (χ4v) is 2.08. The van der Waals surface area contributed by atoms with Crippen LogP contribution in [0.2, 0.25) is 0 Å². The summed E-state index contributed by atoms with van der Waals surface area (Å²) in [7, 11) is 0. The van der Waals surface area contributed by atoms with Gasteiger partial charge in [0.1, 0.15) is 23.8 Å². The maximum absolute atomic E-state index is 13.1. The highest BCUT2D eigenvalue weighted by Gasteiger charge is 2.08. The summed E-state index contributed by atoms with van der Waals surface area (Å²) in [6, 6.07) is 3.44. The van der Waals surface area contributed by atoms with E-state index in [0.717, 1.165) is 24.9 Å². The zero-order valence-corrected chi connectivity index (χ0v) is 11.6. The molecule has 0 aliphatic carbocycles. The van der Waals surface area contributed by atoms with Gasteiger partial charge in [-0.15, -0.1) is 10.2 Å². The Morgan fingerprint density at radius 2 is 1.95 bits per heavy atom. The first-order valence-electron chi connectivity index (χ1n) is 6.66. The van der Waals surface area contributed by atoms with Crippen molar-refractivity contribution in [3.05, 3.63) is 47.5 Å². The van der Waals surface area contributed by atoms with Gasteiger partial charge in [-0.2, -0.15) is 0 Å². The number of aryl methyl sites for hydroxylation is 1. The van der Waals surface area contributed by atoms with Crippen molar-refractivity contribution >= 4 is 0 Å². The van der Waals surface area contributed by atoms with E-state index >= 15 is 0 Å². The molecule has 2 rings (SSSR count). The molecule has 0 spiro atoms. The molecular formula is C14H18F2N4. The molecular weight excluding hydrogens is 262 g/mol. The maximum Gasteiger partial charge on any atom is 0.132 e. The largest absolute Gasteiger partial charge is 0.316 e. The Morgan fingerprint density at radius 1 is 1.25 bits per heavy atom. The molecule has 20 heavy (non-hydrogen) atoms. The minimum Gasteiger partial charge on any atom is -0.316 e. The zero-order valence-electron chi connectivity index (χ0n) is 11.6. The first-order valence-corrected chi connectivity index (χ1v) is 6.66. The number of hydrogen-bond donors (Lipinski definition) is 1. The molecule has 0 saturated carbocycles. The molecule has 0 radical (unpaired) electrons. The molecule has 0 saturated heterocycles. The zero-order chi connectivity index (χ0) is 14.5. The standard InChI is InChI=1S/C14H18F2N4/c1-3-14-19-18-9-20(14)5-4-17-10(2)11-6-12(15)8-13(16)7-11/h6-10,17H,3-5H2,1-2H3/t10-/m0/s1. The van der Waals surface area contributed by atoms with Crippen molar-refractivity contribution < 1.29 is 8.78 Å². The summed E-state index contributed by atoms with van der Waals surface area (Å²) in [5, 5.41) is 11.1. The number of aromatic nitrogens is 3. The van der Waals surface area contributed by atoms with E-state index < -0.39 is 11.6 Å². The van der Waals surface area contributed by atoms with E-state index in [1.54, 1.807) is 6.33 Å². The van der Waals surface area contributed by atoms with Crippen molar-refractivity contribution in [2.45, 2.75) is 32.9 Å². The first-order chi connectivity index (χ1) is 9.60. The Hall–Kier alpha value is -1.82.